The lowest BCUT2D eigenvalue weighted by Gasteiger charge is -2.36. The number of ether oxygens (including phenoxy) is 1. The van der Waals surface area contributed by atoms with Gasteiger partial charge in [0, 0.05) is 0 Å². The molecule has 0 unspecified atom stereocenters. The van der Waals surface area contributed by atoms with E-state index >= 15 is 0 Å². The van der Waals surface area contributed by atoms with Crippen molar-refractivity contribution >= 4 is 0 Å². The maximum absolute atomic E-state index is 9.43. The van der Waals surface area contributed by atoms with Gasteiger partial charge in [0.15, 0.2) is 0 Å². The summed E-state index contributed by atoms with van der Waals surface area (Å²) in [6, 6.07) is 0. The fourth-order valence-corrected chi connectivity index (χ4v) is 2.47. The summed E-state index contributed by atoms with van der Waals surface area (Å²) in [5.74, 6) is 2.02. The molecular weight excluding hydrogens is 188 g/mol. The van der Waals surface area contributed by atoms with Gasteiger partial charge in [0.25, 0.3) is 5.95 Å². The third kappa shape index (κ3) is 3.44. The average Bonchev–Trinajstić information content (AvgIpc) is 2.17. The van der Waals surface area contributed by atoms with Gasteiger partial charge >= 0.3 is 0 Å². The van der Waals surface area contributed by atoms with Crippen LogP contribution in [0.5, 0.6) is 0 Å². The zero-order valence-electron chi connectivity index (χ0n) is 10.4. The van der Waals surface area contributed by atoms with E-state index in [-0.39, 0.29) is 12.0 Å². The first-order valence-electron chi connectivity index (χ1n) is 6.06. The van der Waals surface area contributed by atoms with Crippen LogP contribution in [-0.2, 0) is 4.74 Å². The predicted molar refractivity (Wildman–Crippen MR) is 62.6 cm³/mol. The summed E-state index contributed by atoms with van der Waals surface area (Å²) in [6.07, 6.45) is 5.40. The van der Waals surface area contributed by atoms with E-state index in [4.69, 9.17) is 4.74 Å². The first-order chi connectivity index (χ1) is 7.04. The van der Waals surface area contributed by atoms with Crippen molar-refractivity contribution in [3.8, 4) is 0 Å². The minimum atomic E-state index is 0.0831. The molecular formula is C13H24O2. The van der Waals surface area contributed by atoms with Crippen LogP contribution in [0.25, 0.3) is 0 Å². The van der Waals surface area contributed by atoms with Gasteiger partial charge in [0.1, 0.15) is 6.10 Å². The highest BCUT2D eigenvalue weighted by Gasteiger charge is 2.32. The zero-order valence-corrected chi connectivity index (χ0v) is 10.4. The molecule has 0 amide bonds. The van der Waals surface area contributed by atoms with Crippen molar-refractivity contribution in [2.24, 2.45) is 17.8 Å². The molecule has 1 fully saturated rings. The lowest BCUT2D eigenvalue weighted by atomic mass is 9.75. The van der Waals surface area contributed by atoms with Crippen molar-refractivity contribution in [1.82, 2.24) is 0 Å². The summed E-state index contributed by atoms with van der Waals surface area (Å²) < 4.78 is 5.60. The van der Waals surface area contributed by atoms with Crippen molar-refractivity contribution in [1.29, 1.82) is 0 Å². The molecule has 1 rings (SSSR count). The third-order valence-electron chi connectivity index (χ3n) is 3.48. The van der Waals surface area contributed by atoms with Gasteiger partial charge in [0.2, 0.25) is 0 Å². The third-order valence-corrected chi connectivity index (χ3v) is 3.48. The Morgan fingerprint density at radius 2 is 2.07 bits per heavy atom. The number of allylic oxidation sites excluding steroid dienone is 1. The van der Waals surface area contributed by atoms with Crippen molar-refractivity contribution in [3.05, 3.63) is 12.0 Å². The van der Waals surface area contributed by atoms with E-state index in [1.807, 2.05) is 0 Å². The van der Waals surface area contributed by atoms with Crippen LogP contribution in [-0.4, -0.2) is 11.2 Å². The molecule has 1 saturated carbocycles. The van der Waals surface area contributed by atoms with Gasteiger partial charge in [-0.05, 0) is 43.6 Å². The Bertz CT molecular complexity index is 221. The molecule has 0 aromatic heterocycles. The topological polar surface area (TPSA) is 29.5 Å². The van der Waals surface area contributed by atoms with E-state index < -0.39 is 0 Å². The van der Waals surface area contributed by atoms with Gasteiger partial charge in [-0.2, -0.15) is 0 Å². The number of aliphatic hydroxyl groups excluding tert-OH is 1. The van der Waals surface area contributed by atoms with Gasteiger partial charge in [0.05, 0.1) is 0 Å². The molecule has 3 atom stereocenters. The molecule has 0 aliphatic heterocycles. The summed E-state index contributed by atoms with van der Waals surface area (Å²) in [6.45, 7) is 8.54. The molecule has 0 aromatic rings. The lowest BCUT2D eigenvalue weighted by molar-refractivity contribution is -0.0441. The monoisotopic (exact) mass is 212 g/mol. The molecule has 1 N–H and O–H groups in total. The highest BCUT2D eigenvalue weighted by Crippen LogP contribution is 2.35. The van der Waals surface area contributed by atoms with Crippen LogP contribution in [0.2, 0.25) is 0 Å². The summed E-state index contributed by atoms with van der Waals surface area (Å²) in [5.41, 5.74) is 0. The van der Waals surface area contributed by atoms with Crippen molar-refractivity contribution < 1.29 is 9.84 Å². The highest BCUT2D eigenvalue weighted by molar-refractivity contribution is 4.86. The van der Waals surface area contributed by atoms with E-state index in [2.05, 4.69) is 20.8 Å². The number of hydrogen-bond donors (Lipinski definition) is 1. The zero-order chi connectivity index (χ0) is 11.4. The molecule has 0 heterocycles. The van der Waals surface area contributed by atoms with Gasteiger partial charge in [-0.1, -0.05) is 27.2 Å². The largest absolute Gasteiger partial charge is 0.481 e. The smallest absolute Gasteiger partial charge is 0.272 e. The van der Waals surface area contributed by atoms with E-state index in [1.54, 1.807) is 13.0 Å². The number of rotatable bonds is 3. The maximum atomic E-state index is 9.43. The Morgan fingerprint density at radius 3 is 2.60 bits per heavy atom. The van der Waals surface area contributed by atoms with E-state index in [9.17, 15) is 5.11 Å². The molecule has 0 aromatic carbocycles. The molecule has 1 aliphatic carbocycles. The molecule has 2 heteroatoms. The summed E-state index contributed by atoms with van der Waals surface area (Å²) >= 11 is 0. The SMILES string of the molecule is C/C=C(/O)O[C@@H]1C[C@H](C)CC[C@H]1C(C)C. The van der Waals surface area contributed by atoms with E-state index in [0.717, 1.165) is 12.3 Å². The van der Waals surface area contributed by atoms with Crippen molar-refractivity contribution in [2.45, 2.75) is 53.1 Å². The van der Waals surface area contributed by atoms with E-state index in [0.29, 0.717) is 11.8 Å². The van der Waals surface area contributed by atoms with Crippen LogP contribution in [0.3, 0.4) is 0 Å². The molecule has 88 valence electrons. The van der Waals surface area contributed by atoms with Crippen LogP contribution in [0.1, 0.15) is 47.0 Å². The minimum absolute atomic E-state index is 0.0831. The van der Waals surface area contributed by atoms with Gasteiger partial charge < -0.3 is 9.84 Å². The van der Waals surface area contributed by atoms with Crippen LogP contribution in [0.15, 0.2) is 12.0 Å². The van der Waals surface area contributed by atoms with E-state index in [1.165, 1.54) is 12.8 Å². The summed E-state index contributed by atoms with van der Waals surface area (Å²) in [5, 5.41) is 9.43. The normalized spacial score (nSPS) is 33.1. The molecule has 0 bridgehead atoms. The second kappa shape index (κ2) is 5.43. The summed E-state index contributed by atoms with van der Waals surface area (Å²) in [4.78, 5) is 0. The second-order valence-corrected chi connectivity index (χ2v) is 5.11. The maximum Gasteiger partial charge on any atom is 0.272 e. The first-order valence-corrected chi connectivity index (χ1v) is 6.06. The van der Waals surface area contributed by atoms with Crippen LogP contribution in [0.4, 0.5) is 0 Å². The van der Waals surface area contributed by atoms with Gasteiger partial charge in [-0.25, -0.2) is 0 Å². The number of hydrogen-bond acceptors (Lipinski definition) is 2. The molecule has 0 radical (unpaired) electrons. The van der Waals surface area contributed by atoms with Crippen molar-refractivity contribution in [3.63, 3.8) is 0 Å². The molecule has 15 heavy (non-hydrogen) atoms. The second-order valence-electron chi connectivity index (χ2n) is 5.11. The highest BCUT2D eigenvalue weighted by atomic mass is 16.6. The Hall–Kier alpha value is -0.660. The molecule has 0 spiro atoms. The van der Waals surface area contributed by atoms with Crippen LogP contribution < -0.4 is 0 Å². The Labute approximate surface area is 93.3 Å². The molecule has 2 nitrogen and oxygen atoms in total. The summed E-state index contributed by atoms with van der Waals surface area (Å²) in [7, 11) is 0. The Morgan fingerprint density at radius 1 is 1.40 bits per heavy atom. The van der Waals surface area contributed by atoms with Crippen molar-refractivity contribution in [2.75, 3.05) is 0 Å². The molecule has 0 saturated heterocycles. The molecule has 1 aliphatic rings. The fourth-order valence-electron chi connectivity index (χ4n) is 2.47. The quantitative estimate of drug-likeness (QED) is 0.719. The predicted octanol–water partition coefficient (Wildman–Crippen LogP) is 3.88. The lowest BCUT2D eigenvalue weighted by Crippen LogP contribution is -2.34. The van der Waals surface area contributed by atoms with Crippen LogP contribution in [0, 0.1) is 17.8 Å². The Balaban J connectivity index is 2.62. The number of aliphatic hydroxyl groups is 1. The minimum Gasteiger partial charge on any atom is -0.481 e. The first kappa shape index (κ1) is 12.4. The van der Waals surface area contributed by atoms with Gasteiger partial charge in [-0.3, -0.25) is 0 Å². The van der Waals surface area contributed by atoms with Gasteiger partial charge in [-0.15, -0.1) is 0 Å². The average molecular weight is 212 g/mol. The Kier molecular flexibility index (Phi) is 4.49. The fraction of sp³-hybridized carbons (Fsp3) is 0.846. The van der Waals surface area contributed by atoms with Crippen LogP contribution >= 0.6 is 0 Å². The standard InChI is InChI=1S/C13H24O2/c1-5-13(14)15-12-8-10(4)6-7-11(12)9(2)3/h5,9-12,14H,6-8H2,1-4H3/b13-5-/t10-,11+,12-/m1/s1.